The molecule has 0 unspecified atom stereocenters. The first-order chi connectivity index (χ1) is 14.2. The average molecular weight is 389 g/mol. The quantitative estimate of drug-likeness (QED) is 0.538. The van der Waals surface area contributed by atoms with Gasteiger partial charge in [-0.15, -0.1) is 0 Å². The fourth-order valence-electron chi connectivity index (χ4n) is 4.09. The second-order valence-corrected chi connectivity index (χ2v) is 7.46. The van der Waals surface area contributed by atoms with Crippen LogP contribution in [0.5, 0.6) is 5.75 Å². The van der Waals surface area contributed by atoms with Crippen LogP contribution in [0.15, 0.2) is 54.6 Å². The van der Waals surface area contributed by atoms with Crippen molar-refractivity contribution in [1.29, 1.82) is 0 Å². The summed E-state index contributed by atoms with van der Waals surface area (Å²) in [5.74, 6) is 0.840. The summed E-state index contributed by atoms with van der Waals surface area (Å²) in [4.78, 5) is 15.2. The third-order valence-corrected chi connectivity index (χ3v) is 5.60. The smallest absolute Gasteiger partial charge is 0.273 e. The van der Waals surface area contributed by atoms with Crippen molar-refractivity contribution in [2.24, 2.45) is 0 Å². The number of carbonyl (C=O) groups excluding carboxylic acids is 1. The molecule has 0 aliphatic carbocycles. The van der Waals surface area contributed by atoms with Crippen LogP contribution >= 0.6 is 0 Å². The molecular weight excluding hydrogens is 362 g/mol. The molecule has 0 radical (unpaired) electrons. The molecule has 0 bridgehead atoms. The van der Waals surface area contributed by atoms with Gasteiger partial charge in [0.25, 0.3) is 5.91 Å². The molecule has 4 rings (SSSR count). The van der Waals surface area contributed by atoms with Gasteiger partial charge in [-0.25, -0.2) is 0 Å². The number of aromatic nitrogens is 2. The van der Waals surface area contributed by atoms with Crippen LogP contribution in [-0.4, -0.2) is 34.7 Å². The number of methoxy groups -OCH3 is 1. The molecule has 1 atom stereocenters. The van der Waals surface area contributed by atoms with Crippen molar-refractivity contribution in [3.63, 3.8) is 0 Å². The number of nitrogens with one attached hydrogen (secondary N) is 1. The summed E-state index contributed by atoms with van der Waals surface area (Å²) in [5, 5.41) is 7.54. The highest BCUT2D eigenvalue weighted by Gasteiger charge is 2.41. The number of nitrogens with zero attached hydrogens (tertiary/aromatic N) is 2. The molecule has 150 valence electrons. The van der Waals surface area contributed by atoms with E-state index in [0.717, 1.165) is 47.5 Å². The van der Waals surface area contributed by atoms with E-state index in [1.54, 1.807) is 7.11 Å². The molecule has 29 heavy (non-hydrogen) atoms. The number of hydrogen-bond acceptors (Lipinski definition) is 3. The fourth-order valence-corrected chi connectivity index (χ4v) is 4.09. The van der Waals surface area contributed by atoms with E-state index in [1.165, 1.54) is 12.8 Å². The number of carbonyl (C=O) groups is 1. The van der Waals surface area contributed by atoms with Crippen LogP contribution in [0.25, 0.3) is 11.3 Å². The molecule has 1 N–H and O–H groups in total. The van der Waals surface area contributed by atoms with Crippen LogP contribution in [0, 0.1) is 0 Å². The second kappa shape index (κ2) is 8.52. The molecule has 0 saturated heterocycles. The van der Waals surface area contributed by atoms with Crippen molar-refractivity contribution < 1.29 is 9.53 Å². The number of aromatic amines is 1. The molecule has 1 aromatic heterocycles. The second-order valence-electron chi connectivity index (χ2n) is 7.46. The Morgan fingerprint density at radius 1 is 1.03 bits per heavy atom. The SMILES string of the molecule is CCCCCCN1C(=O)c2[nH]nc(-c3ccc(OC)cc3)c2[C@@H]1c1ccccc1. The van der Waals surface area contributed by atoms with Gasteiger partial charge < -0.3 is 9.64 Å². The van der Waals surface area contributed by atoms with Gasteiger partial charge >= 0.3 is 0 Å². The standard InChI is InChI=1S/C24H27N3O2/c1-3-4-5-9-16-27-23(18-10-7-6-8-11-18)20-21(25-26-22(20)24(27)28)17-12-14-19(29-2)15-13-17/h6-8,10-15,23H,3-5,9,16H2,1-2H3,(H,25,26)/t23-/m0/s1. The number of ether oxygens (including phenoxy) is 1. The van der Waals surface area contributed by atoms with Gasteiger partial charge in [-0.2, -0.15) is 5.10 Å². The summed E-state index contributed by atoms with van der Waals surface area (Å²) in [6.07, 6.45) is 4.53. The van der Waals surface area contributed by atoms with Crippen molar-refractivity contribution in [1.82, 2.24) is 15.1 Å². The van der Waals surface area contributed by atoms with Gasteiger partial charge in [0.2, 0.25) is 0 Å². The minimum Gasteiger partial charge on any atom is -0.497 e. The van der Waals surface area contributed by atoms with E-state index in [2.05, 4.69) is 29.3 Å². The van der Waals surface area contributed by atoms with Crippen molar-refractivity contribution in [3.05, 3.63) is 71.4 Å². The van der Waals surface area contributed by atoms with Crippen LogP contribution in [0.3, 0.4) is 0 Å². The summed E-state index contributed by atoms with van der Waals surface area (Å²) < 4.78 is 5.28. The number of hydrogen-bond donors (Lipinski definition) is 1. The minimum atomic E-state index is -0.115. The predicted octanol–water partition coefficient (Wildman–Crippen LogP) is 5.21. The molecule has 3 aromatic rings. The van der Waals surface area contributed by atoms with E-state index in [9.17, 15) is 4.79 Å². The molecule has 0 fully saturated rings. The van der Waals surface area contributed by atoms with Crippen molar-refractivity contribution in [2.75, 3.05) is 13.7 Å². The van der Waals surface area contributed by atoms with E-state index in [-0.39, 0.29) is 11.9 Å². The van der Waals surface area contributed by atoms with Crippen molar-refractivity contribution >= 4 is 5.91 Å². The Bertz CT molecular complexity index is 964. The van der Waals surface area contributed by atoms with Gasteiger partial charge in [0.05, 0.1) is 18.8 Å². The first-order valence-corrected chi connectivity index (χ1v) is 10.3. The van der Waals surface area contributed by atoms with E-state index < -0.39 is 0 Å². The van der Waals surface area contributed by atoms with E-state index >= 15 is 0 Å². The Morgan fingerprint density at radius 3 is 2.48 bits per heavy atom. The lowest BCUT2D eigenvalue weighted by molar-refractivity contribution is 0.0740. The van der Waals surface area contributed by atoms with Gasteiger partial charge in [0.1, 0.15) is 11.4 Å². The molecule has 5 heteroatoms. The lowest BCUT2D eigenvalue weighted by atomic mass is 9.96. The molecule has 5 nitrogen and oxygen atoms in total. The number of benzene rings is 2. The summed E-state index contributed by atoms with van der Waals surface area (Å²) in [5.41, 5.74) is 4.51. The summed E-state index contributed by atoms with van der Waals surface area (Å²) in [6.45, 7) is 2.95. The molecule has 1 aliphatic rings. The Hall–Kier alpha value is -3.08. The molecule has 1 aliphatic heterocycles. The number of amides is 1. The normalized spacial score (nSPS) is 15.6. The Morgan fingerprint density at radius 2 is 1.79 bits per heavy atom. The van der Waals surface area contributed by atoms with E-state index in [0.29, 0.717) is 5.69 Å². The van der Waals surface area contributed by atoms with Gasteiger partial charge in [0.15, 0.2) is 0 Å². The Kier molecular flexibility index (Phi) is 5.65. The number of unbranched alkanes of at least 4 members (excludes halogenated alkanes) is 3. The number of rotatable bonds is 8. The maximum absolute atomic E-state index is 13.2. The van der Waals surface area contributed by atoms with E-state index in [4.69, 9.17) is 4.74 Å². The predicted molar refractivity (Wildman–Crippen MR) is 114 cm³/mol. The molecular formula is C24H27N3O2. The molecule has 2 aromatic carbocycles. The summed E-state index contributed by atoms with van der Waals surface area (Å²) >= 11 is 0. The topological polar surface area (TPSA) is 58.2 Å². The Labute approximate surface area is 171 Å². The lowest BCUT2D eigenvalue weighted by Gasteiger charge is -2.26. The monoisotopic (exact) mass is 389 g/mol. The van der Waals surface area contributed by atoms with Crippen LogP contribution < -0.4 is 4.74 Å². The van der Waals surface area contributed by atoms with Crippen LogP contribution in [0.1, 0.15) is 60.3 Å². The molecule has 0 saturated carbocycles. The fraction of sp³-hybridized carbons (Fsp3) is 0.333. The number of H-pyrrole nitrogens is 1. The highest BCUT2D eigenvalue weighted by Crippen LogP contribution is 2.42. The highest BCUT2D eigenvalue weighted by molar-refractivity contribution is 6.00. The lowest BCUT2D eigenvalue weighted by Crippen LogP contribution is -2.30. The van der Waals surface area contributed by atoms with E-state index in [1.807, 2.05) is 47.4 Å². The van der Waals surface area contributed by atoms with Crippen LogP contribution in [-0.2, 0) is 0 Å². The zero-order valence-corrected chi connectivity index (χ0v) is 17.0. The minimum absolute atomic E-state index is 0.0395. The van der Waals surface area contributed by atoms with Crippen LogP contribution in [0.2, 0.25) is 0 Å². The van der Waals surface area contributed by atoms with Gasteiger partial charge in [-0.1, -0.05) is 56.5 Å². The number of fused-ring (bicyclic) bond motifs is 1. The molecule has 2 heterocycles. The summed E-state index contributed by atoms with van der Waals surface area (Å²) in [6, 6.07) is 18.0. The van der Waals surface area contributed by atoms with Crippen molar-refractivity contribution in [3.8, 4) is 17.0 Å². The van der Waals surface area contributed by atoms with Gasteiger partial charge in [-0.3, -0.25) is 9.89 Å². The largest absolute Gasteiger partial charge is 0.497 e. The highest BCUT2D eigenvalue weighted by atomic mass is 16.5. The van der Waals surface area contributed by atoms with Gasteiger partial charge in [-0.05, 0) is 36.2 Å². The first-order valence-electron chi connectivity index (χ1n) is 10.3. The maximum Gasteiger partial charge on any atom is 0.273 e. The Balaban J connectivity index is 1.73. The average Bonchev–Trinajstić information content (AvgIpc) is 3.31. The van der Waals surface area contributed by atoms with Crippen molar-refractivity contribution in [2.45, 2.75) is 38.6 Å². The zero-order valence-electron chi connectivity index (χ0n) is 17.0. The first kappa shape index (κ1) is 19.2. The maximum atomic E-state index is 13.2. The van der Waals surface area contributed by atoms with Gasteiger partial charge in [0, 0.05) is 17.7 Å². The molecule has 0 spiro atoms. The third kappa shape index (κ3) is 3.65. The van der Waals surface area contributed by atoms with Crippen LogP contribution in [0.4, 0.5) is 0 Å². The summed E-state index contributed by atoms with van der Waals surface area (Å²) in [7, 11) is 1.65. The molecule has 1 amide bonds. The zero-order chi connectivity index (χ0) is 20.2. The third-order valence-electron chi connectivity index (χ3n) is 5.60.